The lowest BCUT2D eigenvalue weighted by atomic mass is 10.0. The number of benzene rings is 3. The summed E-state index contributed by atoms with van der Waals surface area (Å²) in [7, 11) is 0. The van der Waals surface area contributed by atoms with E-state index in [0.29, 0.717) is 22.6 Å². The van der Waals surface area contributed by atoms with Crippen LogP contribution in [0.4, 0.5) is 0 Å². The number of fused-ring (bicyclic) bond motifs is 1. The molecule has 0 unspecified atom stereocenters. The van der Waals surface area contributed by atoms with Gasteiger partial charge >= 0.3 is 0 Å². The van der Waals surface area contributed by atoms with E-state index in [0.717, 1.165) is 40.2 Å². The van der Waals surface area contributed by atoms with E-state index in [2.05, 4.69) is 14.8 Å². The van der Waals surface area contributed by atoms with Crippen LogP contribution in [-0.2, 0) is 6.61 Å². The molecule has 0 bridgehead atoms. The van der Waals surface area contributed by atoms with Gasteiger partial charge in [-0.1, -0.05) is 78.0 Å². The van der Waals surface area contributed by atoms with E-state index in [9.17, 15) is 4.79 Å². The highest BCUT2D eigenvalue weighted by Gasteiger charge is 2.30. The summed E-state index contributed by atoms with van der Waals surface area (Å²) in [6, 6.07) is 21.5. The van der Waals surface area contributed by atoms with Crippen molar-refractivity contribution in [2.24, 2.45) is 0 Å². The van der Waals surface area contributed by atoms with Gasteiger partial charge in [0.1, 0.15) is 12.4 Å². The molecule has 1 fully saturated rings. The molecule has 4 aromatic rings. The Hall–Kier alpha value is -2.83. The minimum Gasteiger partial charge on any atom is -0.484 e. The van der Waals surface area contributed by atoms with Crippen LogP contribution in [0.5, 0.6) is 5.75 Å². The van der Waals surface area contributed by atoms with Gasteiger partial charge in [-0.05, 0) is 35.7 Å². The number of hydrogen-bond donors (Lipinski definition) is 0. The lowest BCUT2D eigenvalue weighted by molar-refractivity contribution is 0.102. The summed E-state index contributed by atoms with van der Waals surface area (Å²) >= 11 is 7.62. The highest BCUT2D eigenvalue weighted by atomic mass is 35.5. The number of thioether (sulfide) groups is 1. The monoisotopic (exact) mass is 449 g/mol. The van der Waals surface area contributed by atoms with Crippen LogP contribution in [0.25, 0.3) is 10.8 Å². The van der Waals surface area contributed by atoms with Crippen LogP contribution in [0.3, 0.4) is 0 Å². The molecule has 0 spiro atoms. The van der Waals surface area contributed by atoms with Crippen LogP contribution in [0.1, 0.15) is 35.1 Å². The van der Waals surface area contributed by atoms with Gasteiger partial charge in [0, 0.05) is 11.6 Å². The molecule has 0 saturated heterocycles. The zero-order valence-electron chi connectivity index (χ0n) is 16.7. The van der Waals surface area contributed by atoms with Crippen molar-refractivity contribution in [3.63, 3.8) is 0 Å². The lowest BCUT2D eigenvalue weighted by Crippen LogP contribution is -2.08. The van der Waals surface area contributed by atoms with Crippen molar-refractivity contribution in [3.8, 4) is 5.75 Å². The van der Waals surface area contributed by atoms with Crippen LogP contribution in [-0.4, -0.2) is 26.3 Å². The first-order valence-corrected chi connectivity index (χ1v) is 11.5. The molecule has 0 radical (unpaired) electrons. The Morgan fingerprint density at radius 3 is 2.65 bits per heavy atom. The van der Waals surface area contributed by atoms with Crippen LogP contribution in [0.2, 0.25) is 5.02 Å². The molecule has 31 heavy (non-hydrogen) atoms. The molecule has 156 valence electrons. The second-order valence-corrected chi connectivity index (χ2v) is 8.81. The van der Waals surface area contributed by atoms with Gasteiger partial charge in [-0.2, -0.15) is 0 Å². The van der Waals surface area contributed by atoms with Crippen molar-refractivity contribution < 1.29 is 9.53 Å². The van der Waals surface area contributed by atoms with Crippen LogP contribution in [0, 0.1) is 0 Å². The predicted molar refractivity (Wildman–Crippen MR) is 123 cm³/mol. The Morgan fingerprint density at radius 1 is 1.03 bits per heavy atom. The Morgan fingerprint density at radius 2 is 1.81 bits per heavy atom. The van der Waals surface area contributed by atoms with Crippen molar-refractivity contribution in [2.45, 2.75) is 30.6 Å². The molecular formula is C24H20ClN3O2S. The number of para-hydroxylation sites is 1. The average molecular weight is 450 g/mol. The molecule has 3 aromatic carbocycles. The van der Waals surface area contributed by atoms with Gasteiger partial charge in [0.2, 0.25) is 0 Å². The van der Waals surface area contributed by atoms with E-state index in [1.807, 2.05) is 60.7 Å². The maximum absolute atomic E-state index is 13.0. The summed E-state index contributed by atoms with van der Waals surface area (Å²) in [5, 5.41) is 12.1. The second kappa shape index (κ2) is 8.73. The van der Waals surface area contributed by atoms with Gasteiger partial charge in [0.05, 0.1) is 10.8 Å². The molecular weight excluding hydrogens is 430 g/mol. The molecule has 0 atom stereocenters. The fourth-order valence-electron chi connectivity index (χ4n) is 3.58. The summed E-state index contributed by atoms with van der Waals surface area (Å²) in [5.74, 6) is 1.77. The normalized spacial score (nSPS) is 13.5. The predicted octanol–water partition coefficient (Wildman–Crippen LogP) is 5.97. The van der Waals surface area contributed by atoms with E-state index in [1.54, 1.807) is 6.07 Å². The Balaban J connectivity index is 1.32. The fraction of sp³-hybridized carbons (Fsp3) is 0.208. The molecule has 0 amide bonds. The van der Waals surface area contributed by atoms with E-state index >= 15 is 0 Å². The number of Topliss-reactive ketones (excluding diaryl/α,β-unsaturated/α-hetero) is 1. The third-order valence-electron chi connectivity index (χ3n) is 5.26. The van der Waals surface area contributed by atoms with Gasteiger partial charge in [-0.3, -0.25) is 9.36 Å². The van der Waals surface area contributed by atoms with Crippen molar-refractivity contribution in [1.82, 2.24) is 14.8 Å². The number of carbonyl (C=O) groups is 1. The van der Waals surface area contributed by atoms with Gasteiger partial charge in [-0.25, -0.2) is 0 Å². The summed E-state index contributed by atoms with van der Waals surface area (Å²) in [5.41, 5.74) is 0.741. The number of halogens is 1. The highest BCUT2D eigenvalue weighted by molar-refractivity contribution is 7.99. The first kappa shape index (κ1) is 20.1. The molecule has 1 aromatic heterocycles. The van der Waals surface area contributed by atoms with Crippen molar-refractivity contribution in [1.29, 1.82) is 0 Å². The average Bonchev–Trinajstić information content (AvgIpc) is 3.56. The van der Waals surface area contributed by atoms with E-state index in [4.69, 9.17) is 16.3 Å². The molecule has 0 aliphatic heterocycles. The van der Waals surface area contributed by atoms with Gasteiger partial charge in [0.25, 0.3) is 0 Å². The van der Waals surface area contributed by atoms with Crippen molar-refractivity contribution in [3.05, 3.63) is 83.1 Å². The summed E-state index contributed by atoms with van der Waals surface area (Å²) in [6.45, 7) is 0.283. The first-order valence-electron chi connectivity index (χ1n) is 10.2. The molecule has 1 aliphatic rings. The topological polar surface area (TPSA) is 57.0 Å². The number of nitrogens with zero attached hydrogens (tertiary/aromatic N) is 3. The molecule has 1 saturated carbocycles. The highest BCUT2D eigenvalue weighted by Crippen LogP contribution is 2.39. The zero-order valence-corrected chi connectivity index (χ0v) is 18.3. The summed E-state index contributed by atoms with van der Waals surface area (Å²) < 4.78 is 7.98. The van der Waals surface area contributed by atoms with Gasteiger partial charge < -0.3 is 4.74 Å². The maximum Gasteiger partial charge on any atom is 0.192 e. The fourth-order valence-corrected chi connectivity index (χ4v) is 4.68. The third kappa shape index (κ3) is 4.31. The van der Waals surface area contributed by atoms with E-state index < -0.39 is 0 Å². The largest absolute Gasteiger partial charge is 0.484 e. The quantitative estimate of drug-likeness (QED) is 0.245. The number of ketones is 1. The molecule has 5 rings (SSSR count). The van der Waals surface area contributed by atoms with E-state index in [1.165, 1.54) is 11.8 Å². The number of aromatic nitrogens is 3. The molecule has 0 N–H and O–H groups in total. The number of hydrogen-bond acceptors (Lipinski definition) is 5. The standard InChI is InChI=1S/C24H20ClN3O2S/c25-20-10-3-4-11-22(20)30-14-23-26-27-24(28(23)17-12-13-17)31-15-21(29)19-9-5-7-16-6-1-2-8-18(16)19/h1-11,17H,12-15H2. The molecule has 1 aliphatic carbocycles. The molecule has 1 heterocycles. The summed E-state index contributed by atoms with van der Waals surface area (Å²) in [6.07, 6.45) is 2.17. The minimum atomic E-state index is 0.0843. The smallest absolute Gasteiger partial charge is 0.192 e. The van der Waals surface area contributed by atoms with Crippen LogP contribution in [0.15, 0.2) is 71.9 Å². The first-order chi connectivity index (χ1) is 15.2. The third-order valence-corrected chi connectivity index (χ3v) is 6.52. The van der Waals surface area contributed by atoms with Crippen molar-refractivity contribution >= 4 is 39.9 Å². The van der Waals surface area contributed by atoms with Gasteiger partial charge in [-0.15, -0.1) is 10.2 Å². The minimum absolute atomic E-state index is 0.0843. The SMILES string of the molecule is O=C(CSc1nnc(COc2ccccc2Cl)n1C1CC1)c1cccc2ccccc12. The molecule has 5 nitrogen and oxygen atoms in total. The van der Waals surface area contributed by atoms with E-state index in [-0.39, 0.29) is 12.4 Å². The van der Waals surface area contributed by atoms with Crippen LogP contribution >= 0.6 is 23.4 Å². The Bertz CT molecular complexity index is 1250. The number of ether oxygens (including phenoxy) is 1. The summed E-state index contributed by atoms with van der Waals surface area (Å²) in [4.78, 5) is 13.0. The second-order valence-electron chi connectivity index (χ2n) is 7.46. The maximum atomic E-state index is 13.0. The van der Waals surface area contributed by atoms with Crippen molar-refractivity contribution in [2.75, 3.05) is 5.75 Å². The Labute approximate surface area is 189 Å². The Kier molecular flexibility index (Phi) is 5.66. The number of carbonyl (C=O) groups excluding carboxylic acids is 1. The van der Waals surface area contributed by atoms with Gasteiger partial charge in [0.15, 0.2) is 16.8 Å². The lowest BCUT2D eigenvalue weighted by Gasteiger charge is -2.11. The zero-order chi connectivity index (χ0) is 21.2. The van der Waals surface area contributed by atoms with Crippen LogP contribution < -0.4 is 4.74 Å². The number of rotatable bonds is 8. The molecule has 7 heteroatoms.